The predicted octanol–water partition coefficient (Wildman–Crippen LogP) is 4.31. The van der Waals surface area contributed by atoms with Crippen molar-refractivity contribution in [1.29, 1.82) is 0 Å². The molecule has 3 heteroatoms. The zero-order valence-electron chi connectivity index (χ0n) is 11.3. The number of unbranched alkanes of at least 4 members (excludes halogenated alkanes) is 3. The summed E-state index contributed by atoms with van der Waals surface area (Å²) in [6.45, 7) is 6.15. The summed E-state index contributed by atoms with van der Waals surface area (Å²) in [6, 6.07) is 0. The largest absolute Gasteiger partial charge is 0.381 e. The molecule has 1 aliphatic heterocycles. The van der Waals surface area contributed by atoms with Gasteiger partial charge in [-0.2, -0.15) is 0 Å². The first kappa shape index (κ1) is 15.5. The lowest BCUT2D eigenvalue weighted by Gasteiger charge is -2.38. The van der Waals surface area contributed by atoms with Crippen LogP contribution in [0, 0.1) is 0 Å². The first-order chi connectivity index (χ1) is 8.22. The summed E-state index contributed by atoms with van der Waals surface area (Å²) in [7, 11) is 0. The van der Waals surface area contributed by atoms with Crippen LogP contribution in [0.5, 0.6) is 0 Å². The van der Waals surface area contributed by atoms with Crippen LogP contribution in [0.15, 0.2) is 0 Å². The molecule has 0 N–H and O–H groups in total. The number of ether oxygens (including phenoxy) is 2. The molecule has 0 amide bonds. The first-order valence-corrected chi connectivity index (χ1v) is 8.16. The quantitative estimate of drug-likeness (QED) is 0.491. The molecule has 1 fully saturated rings. The van der Waals surface area contributed by atoms with E-state index in [1.165, 1.54) is 32.1 Å². The van der Waals surface area contributed by atoms with Crippen molar-refractivity contribution in [3.05, 3.63) is 0 Å². The van der Waals surface area contributed by atoms with Crippen molar-refractivity contribution in [1.82, 2.24) is 0 Å². The monoisotopic (exact) mass is 306 g/mol. The molecule has 1 unspecified atom stereocenters. The van der Waals surface area contributed by atoms with Gasteiger partial charge < -0.3 is 9.47 Å². The van der Waals surface area contributed by atoms with Crippen molar-refractivity contribution in [3.63, 3.8) is 0 Å². The average molecular weight is 307 g/mol. The summed E-state index contributed by atoms with van der Waals surface area (Å²) >= 11 is 3.61. The number of alkyl halides is 1. The van der Waals surface area contributed by atoms with Gasteiger partial charge in [0.25, 0.3) is 0 Å². The summed E-state index contributed by atoms with van der Waals surface area (Å²) in [4.78, 5) is 0. The van der Waals surface area contributed by atoms with Crippen molar-refractivity contribution in [2.24, 2.45) is 0 Å². The minimum Gasteiger partial charge on any atom is -0.381 e. The molecule has 0 bridgehead atoms. The molecule has 1 atom stereocenters. The molecule has 102 valence electrons. The number of rotatable bonds is 8. The fourth-order valence-corrected chi connectivity index (χ4v) is 3.06. The second-order valence-electron chi connectivity index (χ2n) is 5.21. The maximum absolute atomic E-state index is 6.28. The molecule has 0 saturated carbocycles. The van der Waals surface area contributed by atoms with Gasteiger partial charge in [-0.25, -0.2) is 0 Å². The van der Waals surface area contributed by atoms with Gasteiger partial charge in [0.1, 0.15) is 0 Å². The van der Waals surface area contributed by atoms with Crippen LogP contribution in [0.25, 0.3) is 0 Å². The Bertz CT molecular complexity index is 191. The SMILES string of the molecule is CCCCCCC(C)OC1(CBr)CCOCC1. The Morgan fingerprint density at radius 1 is 1.24 bits per heavy atom. The van der Waals surface area contributed by atoms with Gasteiger partial charge in [0, 0.05) is 31.4 Å². The van der Waals surface area contributed by atoms with E-state index in [9.17, 15) is 0 Å². The van der Waals surface area contributed by atoms with Crippen LogP contribution in [0.1, 0.15) is 58.8 Å². The van der Waals surface area contributed by atoms with Crippen LogP contribution in [0.3, 0.4) is 0 Å². The van der Waals surface area contributed by atoms with Gasteiger partial charge in [-0.15, -0.1) is 0 Å². The lowest BCUT2D eigenvalue weighted by atomic mass is 9.96. The zero-order valence-corrected chi connectivity index (χ0v) is 12.9. The molecule has 1 saturated heterocycles. The van der Waals surface area contributed by atoms with Crippen molar-refractivity contribution >= 4 is 15.9 Å². The van der Waals surface area contributed by atoms with Gasteiger partial charge in [-0.3, -0.25) is 0 Å². The van der Waals surface area contributed by atoms with Crippen LogP contribution in [0.2, 0.25) is 0 Å². The molecule has 0 spiro atoms. The van der Waals surface area contributed by atoms with Crippen molar-refractivity contribution in [2.45, 2.75) is 70.5 Å². The fourth-order valence-electron chi connectivity index (χ4n) is 2.37. The Morgan fingerprint density at radius 3 is 2.53 bits per heavy atom. The van der Waals surface area contributed by atoms with Crippen LogP contribution in [-0.4, -0.2) is 30.2 Å². The topological polar surface area (TPSA) is 18.5 Å². The Kier molecular flexibility index (Phi) is 7.72. The van der Waals surface area contributed by atoms with Crippen LogP contribution in [0.4, 0.5) is 0 Å². The van der Waals surface area contributed by atoms with Gasteiger partial charge in [-0.05, 0) is 13.3 Å². The van der Waals surface area contributed by atoms with E-state index in [1.54, 1.807) is 0 Å². The van der Waals surface area contributed by atoms with Gasteiger partial charge in [-0.1, -0.05) is 48.5 Å². The Labute approximate surface area is 115 Å². The van der Waals surface area contributed by atoms with Crippen molar-refractivity contribution in [3.8, 4) is 0 Å². The van der Waals surface area contributed by atoms with E-state index in [-0.39, 0.29) is 5.60 Å². The zero-order chi connectivity index (χ0) is 12.6. The van der Waals surface area contributed by atoms with Crippen LogP contribution >= 0.6 is 15.9 Å². The first-order valence-electron chi connectivity index (χ1n) is 7.04. The molecule has 0 aliphatic carbocycles. The number of hydrogen-bond donors (Lipinski definition) is 0. The molecule has 0 aromatic heterocycles. The lowest BCUT2D eigenvalue weighted by molar-refractivity contribution is -0.126. The molecule has 1 aliphatic rings. The van der Waals surface area contributed by atoms with E-state index in [0.29, 0.717) is 6.10 Å². The minimum atomic E-state index is 0.0302. The highest BCUT2D eigenvalue weighted by Gasteiger charge is 2.33. The Morgan fingerprint density at radius 2 is 1.94 bits per heavy atom. The minimum absolute atomic E-state index is 0.0302. The van der Waals surface area contributed by atoms with Crippen molar-refractivity contribution < 1.29 is 9.47 Å². The summed E-state index contributed by atoms with van der Waals surface area (Å²) < 4.78 is 11.7. The number of halogens is 1. The molecule has 1 heterocycles. The third-order valence-corrected chi connectivity index (χ3v) is 4.58. The summed E-state index contributed by atoms with van der Waals surface area (Å²) in [5.74, 6) is 0. The molecule has 1 rings (SSSR count). The highest BCUT2D eigenvalue weighted by Crippen LogP contribution is 2.29. The molecule has 0 aromatic rings. The second kappa shape index (κ2) is 8.49. The van der Waals surface area contributed by atoms with E-state index in [4.69, 9.17) is 9.47 Å². The maximum Gasteiger partial charge on any atom is 0.0826 e. The standard InChI is InChI=1S/C14H27BrO2/c1-3-4-5-6-7-13(2)17-14(12-15)8-10-16-11-9-14/h13H,3-12H2,1-2H3. The fraction of sp³-hybridized carbons (Fsp3) is 1.00. The lowest BCUT2D eigenvalue weighted by Crippen LogP contribution is -2.43. The molecular weight excluding hydrogens is 280 g/mol. The van der Waals surface area contributed by atoms with Gasteiger partial charge >= 0.3 is 0 Å². The highest BCUT2D eigenvalue weighted by atomic mass is 79.9. The maximum atomic E-state index is 6.28. The molecule has 2 nitrogen and oxygen atoms in total. The smallest absolute Gasteiger partial charge is 0.0826 e. The third kappa shape index (κ3) is 5.71. The van der Waals surface area contributed by atoms with E-state index in [0.717, 1.165) is 31.4 Å². The van der Waals surface area contributed by atoms with Crippen LogP contribution < -0.4 is 0 Å². The van der Waals surface area contributed by atoms with E-state index < -0.39 is 0 Å². The van der Waals surface area contributed by atoms with Crippen LogP contribution in [-0.2, 0) is 9.47 Å². The summed E-state index contributed by atoms with van der Waals surface area (Å²) in [6.07, 6.45) is 8.91. The molecular formula is C14H27BrO2. The van der Waals surface area contributed by atoms with Gasteiger partial charge in [0.15, 0.2) is 0 Å². The second-order valence-corrected chi connectivity index (χ2v) is 5.77. The normalized spacial score (nSPS) is 21.4. The molecule has 0 aromatic carbocycles. The average Bonchev–Trinajstić information content (AvgIpc) is 2.36. The summed E-state index contributed by atoms with van der Waals surface area (Å²) in [5.41, 5.74) is 0.0302. The molecule has 17 heavy (non-hydrogen) atoms. The molecule has 0 radical (unpaired) electrons. The van der Waals surface area contributed by atoms with E-state index in [2.05, 4.69) is 29.8 Å². The third-order valence-electron chi connectivity index (χ3n) is 3.56. The van der Waals surface area contributed by atoms with E-state index >= 15 is 0 Å². The van der Waals surface area contributed by atoms with Gasteiger partial charge in [0.05, 0.1) is 11.7 Å². The van der Waals surface area contributed by atoms with Crippen molar-refractivity contribution in [2.75, 3.05) is 18.5 Å². The number of hydrogen-bond acceptors (Lipinski definition) is 2. The van der Waals surface area contributed by atoms with E-state index in [1.807, 2.05) is 0 Å². The Balaban J connectivity index is 2.24. The highest BCUT2D eigenvalue weighted by molar-refractivity contribution is 9.09. The van der Waals surface area contributed by atoms with Gasteiger partial charge in [0.2, 0.25) is 0 Å². The Hall–Kier alpha value is 0.400. The predicted molar refractivity (Wildman–Crippen MR) is 75.9 cm³/mol. The summed E-state index contributed by atoms with van der Waals surface area (Å²) in [5, 5.41) is 0.933.